The van der Waals surface area contributed by atoms with Crippen LogP contribution in [0.4, 0.5) is 0 Å². The van der Waals surface area contributed by atoms with Crippen molar-refractivity contribution < 1.29 is 0 Å². The third-order valence-electron chi connectivity index (χ3n) is 5.88. The summed E-state index contributed by atoms with van der Waals surface area (Å²) in [6.07, 6.45) is 5.14. The maximum atomic E-state index is 6.44. The number of rotatable bonds is 4. The Morgan fingerprint density at radius 3 is 2.25 bits per heavy atom. The summed E-state index contributed by atoms with van der Waals surface area (Å²) in [4.78, 5) is 5.34. The van der Waals surface area contributed by atoms with Crippen LogP contribution in [-0.2, 0) is 0 Å². The third-order valence-corrected chi connectivity index (χ3v) is 5.88. The maximum absolute atomic E-state index is 6.44. The lowest BCUT2D eigenvalue weighted by molar-refractivity contribution is 0.0361. The van der Waals surface area contributed by atoms with E-state index in [1.54, 1.807) is 0 Å². The fourth-order valence-electron chi connectivity index (χ4n) is 4.00. The van der Waals surface area contributed by atoms with Crippen LogP contribution in [-0.4, -0.2) is 54.1 Å². The van der Waals surface area contributed by atoms with Crippen LogP contribution in [0.1, 0.15) is 53.4 Å². The quantitative estimate of drug-likeness (QED) is 0.859. The van der Waals surface area contributed by atoms with Crippen molar-refractivity contribution in [2.45, 2.75) is 71.5 Å². The molecule has 0 aromatic heterocycles. The maximum Gasteiger partial charge on any atom is 0.0251 e. The van der Waals surface area contributed by atoms with Gasteiger partial charge in [0.05, 0.1) is 0 Å². The van der Waals surface area contributed by atoms with Crippen molar-refractivity contribution in [3.8, 4) is 0 Å². The van der Waals surface area contributed by atoms with E-state index in [0.29, 0.717) is 12.1 Å². The van der Waals surface area contributed by atoms with Gasteiger partial charge in [0, 0.05) is 44.3 Å². The average Bonchev–Trinajstić information content (AvgIpc) is 2.47. The minimum absolute atomic E-state index is 0.403. The minimum atomic E-state index is 0.403. The van der Waals surface area contributed by atoms with Gasteiger partial charge in [-0.25, -0.2) is 0 Å². The number of hydrogen-bond donors (Lipinski definition) is 1. The standard InChI is InChI=1S/C17H35N3/c1-5-14(4)19-8-10-20(11-9-19)17-12-15(13(2)3)6-7-16(17)18/h13-17H,5-12,18H2,1-4H3. The van der Waals surface area contributed by atoms with Gasteiger partial charge in [-0.05, 0) is 44.4 Å². The number of nitrogens with zero attached hydrogens (tertiary/aromatic N) is 2. The van der Waals surface area contributed by atoms with Crippen LogP contribution >= 0.6 is 0 Å². The van der Waals surface area contributed by atoms with Crippen LogP contribution in [0, 0.1) is 11.8 Å². The average molecular weight is 281 g/mol. The Hall–Kier alpha value is -0.120. The van der Waals surface area contributed by atoms with E-state index in [4.69, 9.17) is 5.73 Å². The molecule has 0 bridgehead atoms. The second-order valence-corrected chi connectivity index (χ2v) is 7.38. The Bertz CT molecular complexity index is 284. The van der Waals surface area contributed by atoms with Gasteiger partial charge >= 0.3 is 0 Å². The fourth-order valence-corrected chi connectivity index (χ4v) is 4.00. The summed E-state index contributed by atoms with van der Waals surface area (Å²) in [7, 11) is 0. The highest BCUT2D eigenvalue weighted by molar-refractivity contribution is 4.92. The zero-order chi connectivity index (χ0) is 14.7. The van der Waals surface area contributed by atoms with Crippen molar-refractivity contribution in [1.29, 1.82) is 0 Å². The summed E-state index contributed by atoms with van der Waals surface area (Å²) in [5.41, 5.74) is 6.44. The summed E-state index contributed by atoms with van der Waals surface area (Å²) in [5.74, 6) is 1.69. The summed E-state index contributed by atoms with van der Waals surface area (Å²) in [6, 6.07) is 1.77. The van der Waals surface area contributed by atoms with E-state index in [1.807, 2.05) is 0 Å². The Kier molecular flexibility index (Phi) is 5.88. The van der Waals surface area contributed by atoms with Crippen LogP contribution in [0.2, 0.25) is 0 Å². The van der Waals surface area contributed by atoms with Gasteiger partial charge < -0.3 is 5.73 Å². The monoisotopic (exact) mass is 281 g/mol. The molecule has 0 aromatic carbocycles. The molecule has 3 nitrogen and oxygen atoms in total. The Morgan fingerprint density at radius 1 is 1.05 bits per heavy atom. The van der Waals surface area contributed by atoms with Gasteiger partial charge in [0.25, 0.3) is 0 Å². The lowest BCUT2D eigenvalue weighted by atomic mass is 9.76. The largest absolute Gasteiger partial charge is 0.326 e. The smallest absolute Gasteiger partial charge is 0.0251 e. The second kappa shape index (κ2) is 7.24. The Labute approximate surface area is 125 Å². The number of piperazine rings is 1. The first-order chi connectivity index (χ1) is 9.52. The van der Waals surface area contributed by atoms with Gasteiger partial charge in [-0.2, -0.15) is 0 Å². The lowest BCUT2D eigenvalue weighted by Gasteiger charge is -2.46. The summed E-state index contributed by atoms with van der Waals surface area (Å²) >= 11 is 0. The molecule has 2 fully saturated rings. The zero-order valence-corrected chi connectivity index (χ0v) is 14.0. The normalized spacial score (nSPS) is 35.4. The number of hydrogen-bond acceptors (Lipinski definition) is 3. The van der Waals surface area contributed by atoms with E-state index < -0.39 is 0 Å². The first-order valence-electron chi connectivity index (χ1n) is 8.76. The van der Waals surface area contributed by atoms with Crippen LogP contribution in [0.25, 0.3) is 0 Å². The summed E-state index contributed by atoms with van der Waals surface area (Å²) in [5, 5.41) is 0. The van der Waals surface area contributed by atoms with E-state index in [1.165, 1.54) is 51.9 Å². The van der Waals surface area contributed by atoms with Gasteiger partial charge in [-0.1, -0.05) is 20.8 Å². The first-order valence-corrected chi connectivity index (χ1v) is 8.76. The van der Waals surface area contributed by atoms with Crippen molar-refractivity contribution in [3.05, 3.63) is 0 Å². The molecule has 0 aromatic rings. The molecule has 1 saturated heterocycles. The van der Waals surface area contributed by atoms with E-state index in [9.17, 15) is 0 Å². The van der Waals surface area contributed by atoms with Gasteiger partial charge in [0.15, 0.2) is 0 Å². The highest BCUT2D eigenvalue weighted by atomic mass is 15.3. The van der Waals surface area contributed by atoms with Gasteiger partial charge in [0.1, 0.15) is 0 Å². The van der Waals surface area contributed by atoms with Crippen molar-refractivity contribution in [1.82, 2.24) is 9.80 Å². The molecule has 20 heavy (non-hydrogen) atoms. The molecule has 2 rings (SSSR count). The van der Waals surface area contributed by atoms with Crippen molar-refractivity contribution in [2.75, 3.05) is 26.2 Å². The Morgan fingerprint density at radius 2 is 1.70 bits per heavy atom. The van der Waals surface area contributed by atoms with Gasteiger partial charge in [-0.3, -0.25) is 9.80 Å². The van der Waals surface area contributed by atoms with Gasteiger partial charge in [-0.15, -0.1) is 0 Å². The predicted octanol–water partition coefficient (Wildman–Crippen LogP) is 2.55. The highest BCUT2D eigenvalue weighted by Crippen LogP contribution is 2.32. The SMILES string of the molecule is CCC(C)N1CCN(C2CC(C(C)C)CCC2N)CC1. The predicted molar refractivity (Wildman–Crippen MR) is 86.8 cm³/mol. The molecule has 1 aliphatic heterocycles. The van der Waals surface area contributed by atoms with E-state index >= 15 is 0 Å². The molecule has 3 heteroatoms. The van der Waals surface area contributed by atoms with Crippen LogP contribution in [0.3, 0.4) is 0 Å². The third kappa shape index (κ3) is 3.75. The lowest BCUT2D eigenvalue weighted by Crippen LogP contribution is -2.58. The van der Waals surface area contributed by atoms with Crippen molar-refractivity contribution in [3.63, 3.8) is 0 Å². The topological polar surface area (TPSA) is 32.5 Å². The molecule has 1 saturated carbocycles. The molecule has 4 unspecified atom stereocenters. The minimum Gasteiger partial charge on any atom is -0.326 e. The van der Waals surface area contributed by atoms with Gasteiger partial charge in [0.2, 0.25) is 0 Å². The highest BCUT2D eigenvalue weighted by Gasteiger charge is 2.35. The molecular weight excluding hydrogens is 246 g/mol. The summed E-state index contributed by atoms with van der Waals surface area (Å²) < 4.78 is 0. The molecule has 1 heterocycles. The van der Waals surface area contributed by atoms with E-state index in [-0.39, 0.29) is 0 Å². The molecule has 0 amide bonds. The van der Waals surface area contributed by atoms with Crippen LogP contribution < -0.4 is 5.73 Å². The zero-order valence-electron chi connectivity index (χ0n) is 14.0. The molecule has 2 aliphatic rings. The molecule has 1 aliphatic carbocycles. The molecule has 2 N–H and O–H groups in total. The fraction of sp³-hybridized carbons (Fsp3) is 1.00. The first kappa shape index (κ1) is 16.3. The molecular formula is C17H35N3. The summed E-state index contributed by atoms with van der Waals surface area (Å²) in [6.45, 7) is 14.3. The molecule has 118 valence electrons. The Balaban J connectivity index is 1.88. The van der Waals surface area contributed by atoms with E-state index in [0.717, 1.165) is 17.9 Å². The molecule has 0 spiro atoms. The molecule has 4 atom stereocenters. The van der Waals surface area contributed by atoms with Crippen molar-refractivity contribution in [2.24, 2.45) is 17.6 Å². The second-order valence-electron chi connectivity index (χ2n) is 7.38. The number of nitrogens with two attached hydrogens (primary N) is 1. The molecule has 0 radical (unpaired) electrons. The van der Waals surface area contributed by atoms with Crippen LogP contribution in [0.15, 0.2) is 0 Å². The van der Waals surface area contributed by atoms with E-state index in [2.05, 4.69) is 37.5 Å². The van der Waals surface area contributed by atoms with Crippen molar-refractivity contribution >= 4 is 0 Å². The van der Waals surface area contributed by atoms with Crippen LogP contribution in [0.5, 0.6) is 0 Å².